The van der Waals surface area contributed by atoms with Crippen LogP contribution >= 0.6 is 23.1 Å². The molecule has 0 saturated carbocycles. The van der Waals surface area contributed by atoms with Crippen LogP contribution in [0.2, 0.25) is 0 Å². The summed E-state index contributed by atoms with van der Waals surface area (Å²) in [4.78, 5) is 19.2. The number of amides is 1. The monoisotopic (exact) mass is 340 g/mol. The van der Waals surface area contributed by atoms with Crippen molar-refractivity contribution in [2.24, 2.45) is 0 Å². The topological polar surface area (TPSA) is 42.0 Å². The van der Waals surface area contributed by atoms with Crippen molar-refractivity contribution in [3.05, 3.63) is 76.6 Å². The first-order valence-electron chi connectivity index (χ1n) is 7.26. The molecular formula is C18H16N2OS2. The molecule has 2 aromatic heterocycles. The van der Waals surface area contributed by atoms with Gasteiger partial charge in [-0.2, -0.15) is 0 Å². The Bertz CT molecular complexity index is 773. The number of benzene rings is 1. The predicted octanol–water partition coefficient (Wildman–Crippen LogP) is 4.79. The van der Waals surface area contributed by atoms with Crippen LogP contribution in [0.3, 0.4) is 0 Å². The van der Waals surface area contributed by atoms with Crippen LogP contribution in [0.5, 0.6) is 0 Å². The van der Waals surface area contributed by atoms with Crippen molar-refractivity contribution in [1.29, 1.82) is 0 Å². The van der Waals surface area contributed by atoms with Gasteiger partial charge in [-0.1, -0.05) is 36.0 Å². The predicted molar refractivity (Wildman–Crippen MR) is 95.0 cm³/mol. The fraction of sp³-hybridized carbons (Fsp3) is 0.111. The third-order valence-corrected chi connectivity index (χ3v) is 5.37. The molecular weight excluding hydrogens is 324 g/mol. The Morgan fingerprint density at radius 3 is 2.70 bits per heavy atom. The lowest BCUT2D eigenvalue weighted by atomic mass is 10.2. The fourth-order valence-corrected chi connectivity index (χ4v) is 3.76. The maximum Gasteiger partial charge on any atom is 0.254 e. The first kappa shape index (κ1) is 15.8. The zero-order valence-electron chi connectivity index (χ0n) is 12.6. The molecule has 0 unspecified atom stereocenters. The molecule has 2 heterocycles. The molecule has 0 radical (unpaired) electrons. The number of pyridine rings is 1. The zero-order valence-corrected chi connectivity index (χ0v) is 14.2. The lowest BCUT2D eigenvalue weighted by Gasteiger charge is -2.14. The highest BCUT2D eigenvalue weighted by Gasteiger charge is 2.16. The Balaban J connectivity index is 1.78. The van der Waals surface area contributed by atoms with Crippen molar-refractivity contribution >= 4 is 29.0 Å². The molecule has 1 atom stereocenters. The summed E-state index contributed by atoms with van der Waals surface area (Å²) >= 11 is 3.14. The molecule has 3 nitrogen and oxygen atoms in total. The van der Waals surface area contributed by atoms with E-state index in [4.69, 9.17) is 0 Å². The van der Waals surface area contributed by atoms with E-state index < -0.39 is 0 Å². The second kappa shape index (κ2) is 7.44. The smallest absolute Gasteiger partial charge is 0.254 e. The second-order valence-corrected chi connectivity index (χ2v) is 7.02. The summed E-state index contributed by atoms with van der Waals surface area (Å²) < 4.78 is 0. The average molecular weight is 340 g/mol. The highest BCUT2D eigenvalue weighted by Crippen LogP contribution is 2.28. The number of carbonyl (C=O) groups excluding carboxylic acids is 1. The van der Waals surface area contributed by atoms with Gasteiger partial charge in [0, 0.05) is 16.0 Å². The number of carbonyl (C=O) groups is 1. The molecule has 0 aliphatic carbocycles. The summed E-state index contributed by atoms with van der Waals surface area (Å²) in [5.41, 5.74) is 0.602. The van der Waals surface area contributed by atoms with Crippen molar-refractivity contribution in [2.45, 2.75) is 22.9 Å². The van der Waals surface area contributed by atoms with Gasteiger partial charge < -0.3 is 5.32 Å². The van der Waals surface area contributed by atoms with Crippen molar-refractivity contribution in [1.82, 2.24) is 10.3 Å². The molecule has 1 aromatic carbocycles. The van der Waals surface area contributed by atoms with Crippen molar-refractivity contribution in [2.75, 3.05) is 0 Å². The summed E-state index contributed by atoms with van der Waals surface area (Å²) in [6.45, 7) is 1.99. The van der Waals surface area contributed by atoms with E-state index in [1.165, 1.54) is 11.8 Å². The Morgan fingerprint density at radius 1 is 1.13 bits per heavy atom. The normalized spacial score (nSPS) is 11.9. The van der Waals surface area contributed by atoms with E-state index in [0.717, 1.165) is 14.8 Å². The van der Waals surface area contributed by atoms with Crippen LogP contribution in [-0.2, 0) is 0 Å². The molecule has 0 aliphatic heterocycles. The Labute approximate surface area is 143 Å². The van der Waals surface area contributed by atoms with Gasteiger partial charge >= 0.3 is 0 Å². The first-order valence-corrected chi connectivity index (χ1v) is 8.96. The van der Waals surface area contributed by atoms with Crippen LogP contribution < -0.4 is 5.32 Å². The summed E-state index contributed by atoms with van der Waals surface area (Å²) in [6, 6.07) is 17.5. The maximum absolute atomic E-state index is 12.6. The van der Waals surface area contributed by atoms with Gasteiger partial charge in [0.15, 0.2) is 0 Å². The average Bonchev–Trinajstić information content (AvgIpc) is 3.11. The van der Waals surface area contributed by atoms with Crippen LogP contribution in [0.4, 0.5) is 0 Å². The van der Waals surface area contributed by atoms with Gasteiger partial charge in [0.1, 0.15) is 5.03 Å². The van der Waals surface area contributed by atoms with E-state index in [9.17, 15) is 4.79 Å². The molecule has 0 aliphatic rings. The van der Waals surface area contributed by atoms with Crippen LogP contribution in [-0.4, -0.2) is 10.9 Å². The number of rotatable bonds is 5. The lowest BCUT2D eigenvalue weighted by molar-refractivity contribution is 0.0937. The number of nitrogens with one attached hydrogen (secondary N) is 1. The Kier molecular flexibility index (Phi) is 5.10. The van der Waals surface area contributed by atoms with Gasteiger partial charge in [-0.25, -0.2) is 4.98 Å². The SMILES string of the molecule is C[C@H](NC(=O)c1cccnc1Sc1ccccc1)c1cccs1. The van der Waals surface area contributed by atoms with Crippen LogP contribution in [0.15, 0.2) is 76.1 Å². The molecule has 116 valence electrons. The van der Waals surface area contributed by atoms with Gasteiger partial charge in [-0.05, 0) is 42.6 Å². The minimum absolute atomic E-state index is 0.0164. The fourth-order valence-electron chi connectivity index (χ4n) is 2.13. The molecule has 0 spiro atoms. The van der Waals surface area contributed by atoms with Crippen LogP contribution in [0.1, 0.15) is 28.2 Å². The van der Waals surface area contributed by atoms with E-state index in [0.29, 0.717) is 5.56 Å². The number of hydrogen-bond acceptors (Lipinski definition) is 4. The van der Waals surface area contributed by atoms with Crippen molar-refractivity contribution in [3.63, 3.8) is 0 Å². The highest BCUT2D eigenvalue weighted by molar-refractivity contribution is 7.99. The van der Waals surface area contributed by atoms with Gasteiger partial charge in [-0.15, -0.1) is 11.3 Å². The highest BCUT2D eigenvalue weighted by atomic mass is 32.2. The van der Waals surface area contributed by atoms with Gasteiger partial charge in [0.25, 0.3) is 5.91 Å². The molecule has 1 amide bonds. The minimum Gasteiger partial charge on any atom is -0.345 e. The van der Waals surface area contributed by atoms with Gasteiger partial charge in [-0.3, -0.25) is 4.79 Å². The molecule has 5 heteroatoms. The first-order chi connectivity index (χ1) is 11.2. The van der Waals surface area contributed by atoms with Crippen LogP contribution in [0, 0.1) is 0 Å². The van der Waals surface area contributed by atoms with E-state index in [1.807, 2.05) is 60.8 Å². The van der Waals surface area contributed by atoms with E-state index in [2.05, 4.69) is 10.3 Å². The summed E-state index contributed by atoms with van der Waals surface area (Å²) in [5, 5.41) is 5.77. The largest absolute Gasteiger partial charge is 0.345 e. The third kappa shape index (κ3) is 4.00. The second-order valence-electron chi connectivity index (χ2n) is 4.98. The molecule has 3 rings (SSSR count). The summed E-state index contributed by atoms with van der Waals surface area (Å²) in [7, 11) is 0. The molecule has 0 fully saturated rings. The number of thiophene rings is 1. The number of aromatic nitrogens is 1. The quantitative estimate of drug-likeness (QED) is 0.726. The van der Waals surface area contributed by atoms with Crippen LogP contribution in [0.25, 0.3) is 0 Å². The zero-order chi connectivity index (χ0) is 16.1. The molecule has 23 heavy (non-hydrogen) atoms. The molecule has 0 saturated heterocycles. The summed E-state index contributed by atoms with van der Waals surface area (Å²) in [6.07, 6.45) is 1.71. The third-order valence-electron chi connectivity index (χ3n) is 3.29. The Morgan fingerprint density at radius 2 is 1.96 bits per heavy atom. The van der Waals surface area contributed by atoms with E-state index >= 15 is 0 Å². The summed E-state index contributed by atoms with van der Waals surface area (Å²) in [5.74, 6) is -0.0996. The van der Waals surface area contributed by atoms with E-state index in [-0.39, 0.29) is 11.9 Å². The minimum atomic E-state index is -0.0996. The number of nitrogens with zero attached hydrogens (tertiary/aromatic N) is 1. The Hall–Kier alpha value is -2.11. The van der Waals surface area contributed by atoms with Crippen molar-refractivity contribution in [3.8, 4) is 0 Å². The van der Waals surface area contributed by atoms with Gasteiger partial charge in [0.05, 0.1) is 11.6 Å². The standard InChI is InChI=1S/C18H16N2OS2/c1-13(16-10-6-12-22-16)20-17(21)15-9-5-11-19-18(15)23-14-7-3-2-4-8-14/h2-13H,1H3,(H,20,21)/t13-/m0/s1. The molecule has 0 bridgehead atoms. The molecule has 3 aromatic rings. The van der Waals surface area contributed by atoms with Gasteiger partial charge in [0.2, 0.25) is 0 Å². The van der Waals surface area contributed by atoms with E-state index in [1.54, 1.807) is 23.6 Å². The molecule has 1 N–H and O–H groups in total. The lowest BCUT2D eigenvalue weighted by Crippen LogP contribution is -2.26. The maximum atomic E-state index is 12.6. The van der Waals surface area contributed by atoms with Crippen molar-refractivity contribution < 1.29 is 4.79 Å². The number of hydrogen-bond donors (Lipinski definition) is 1.